The fourth-order valence-electron chi connectivity index (χ4n) is 3.41. The summed E-state index contributed by atoms with van der Waals surface area (Å²) in [6, 6.07) is 13.2. The van der Waals surface area contributed by atoms with Crippen molar-refractivity contribution in [1.29, 1.82) is 0 Å². The highest BCUT2D eigenvalue weighted by Crippen LogP contribution is 2.38. The smallest absolute Gasteiger partial charge is 0.336 e. The average Bonchev–Trinajstić information content (AvgIpc) is 2.95. The number of hydrogen-bond donors (Lipinski definition) is 0. The first-order chi connectivity index (χ1) is 12.8. The summed E-state index contributed by atoms with van der Waals surface area (Å²) < 4.78 is 16.9. The molecule has 0 N–H and O–H groups in total. The van der Waals surface area contributed by atoms with Crippen molar-refractivity contribution in [2.24, 2.45) is 0 Å². The molecule has 4 nitrogen and oxygen atoms in total. The maximum absolute atomic E-state index is 12.2. The van der Waals surface area contributed by atoms with Crippen molar-refractivity contribution < 1.29 is 13.6 Å². The molecule has 4 rings (SSSR count). The van der Waals surface area contributed by atoms with E-state index >= 15 is 0 Å². The Bertz CT molecular complexity index is 1220. The third-order valence-corrected chi connectivity index (χ3v) is 5.00. The number of furan rings is 1. The van der Waals surface area contributed by atoms with E-state index in [-0.39, 0.29) is 5.41 Å². The van der Waals surface area contributed by atoms with Crippen LogP contribution in [0.15, 0.2) is 56.1 Å². The van der Waals surface area contributed by atoms with Crippen LogP contribution in [0.5, 0.6) is 5.75 Å². The van der Waals surface area contributed by atoms with Gasteiger partial charge < -0.3 is 13.6 Å². The van der Waals surface area contributed by atoms with Crippen LogP contribution in [0.3, 0.4) is 0 Å². The number of methoxy groups -OCH3 is 1. The predicted molar refractivity (Wildman–Crippen MR) is 108 cm³/mol. The van der Waals surface area contributed by atoms with Crippen molar-refractivity contribution in [3.05, 3.63) is 64.0 Å². The molecule has 0 radical (unpaired) electrons. The van der Waals surface area contributed by atoms with Crippen LogP contribution in [0.2, 0.25) is 0 Å². The van der Waals surface area contributed by atoms with E-state index < -0.39 is 5.63 Å². The number of fused-ring (bicyclic) bond motifs is 2. The lowest BCUT2D eigenvalue weighted by Gasteiger charge is -2.19. The first kappa shape index (κ1) is 17.4. The lowest BCUT2D eigenvalue weighted by Crippen LogP contribution is -2.11. The summed E-state index contributed by atoms with van der Waals surface area (Å²) in [5.74, 6) is 1.41. The Morgan fingerprint density at radius 1 is 0.889 bits per heavy atom. The van der Waals surface area contributed by atoms with Crippen molar-refractivity contribution >= 4 is 21.9 Å². The molecular formula is C23H22O4. The zero-order valence-electron chi connectivity index (χ0n) is 16.2. The minimum absolute atomic E-state index is 0.0160. The van der Waals surface area contributed by atoms with Crippen LogP contribution in [0.25, 0.3) is 33.3 Å². The second-order valence-electron chi connectivity index (χ2n) is 7.86. The zero-order valence-corrected chi connectivity index (χ0v) is 16.2. The van der Waals surface area contributed by atoms with E-state index in [0.29, 0.717) is 11.3 Å². The van der Waals surface area contributed by atoms with Gasteiger partial charge in [0.25, 0.3) is 0 Å². The molecule has 0 saturated heterocycles. The van der Waals surface area contributed by atoms with Gasteiger partial charge >= 0.3 is 5.63 Å². The van der Waals surface area contributed by atoms with Crippen molar-refractivity contribution in [2.75, 3.05) is 7.11 Å². The van der Waals surface area contributed by atoms with Gasteiger partial charge in [0.2, 0.25) is 0 Å². The van der Waals surface area contributed by atoms with E-state index in [9.17, 15) is 4.79 Å². The standard InChI is InChI=1S/C23H22O4/c1-13-16-8-7-15(25-5)11-20(16)27-22(13)18-12-21(24)26-19-9-6-14(10-17(18)19)23(2,3)4/h6-12H,1-5H3. The maximum Gasteiger partial charge on any atom is 0.336 e. The van der Waals surface area contributed by atoms with Crippen LogP contribution in [-0.2, 0) is 5.41 Å². The number of rotatable bonds is 2. The second-order valence-corrected chi connectivity index (χ2v) is 7.86. The first-order valence-electron chi connectivity index (χ1n) is 8.94. The molecule has 4 aromatic rings. The van der Waals surface area contributed by atoms with Crippen LogP contribution in [-0.4, -0.2) is 7.11 Å². The quantitative estimate of drug-likeness (QED) is 0.422. The fourth-order valence-corrected chi connectivity index (χ4v) is 3.41. The summed E-state index contributed by atoms with van der Waals surface area (Å²) in [6.45, 7) is 8.48. The molecule has 0 spiro atoms. The largest absolute Gasteiger partial charge is 0.497 e. The van der Waals surface area contributed by atoms with Crippen LogP contribution >= 0.6 is 0 Å². The summed E-state index contributed by atoms with van der Waals surface area (Å²) in [5.41, 5.74) is 3.79. The van der Waals surface area contributed by atoms with E-state index in [4.69, 9.17) is 13.6 Å². The van der Waals surface area contributed by atoms with E-state index in [1.807, 2.05) is 37.3 Å². The number of hydrogen-bond acceptors (Lipinski definition) is 4. The summed E-state index contributed by atoms with van der Waals surface area (Å²) in [4.78, 5) is 12.2. The van der Waals surface area contributed by atoms with Crippen LogP contribution in [0, 0.1) is 6.92 Å². The maximum atomic E-state index is 12.2. The highest BCUT2D eigenvalue weighted by atomic mass is 16.5. The molecule has 0 aliphatic heterocycles. The highest BCUT2D eigenvalue weighted by molar-refractivity contribution is 5.97. The molecule has 4 heteroatoms. The van der Waals surface area contributed by atoms with Crippen LogP contribution in [0.1, 0.15) is 31.9 Å². The van der Waals surface area contributed by atoms with Crippen molar-refractivity contribution in [3.63, 3.8) is 0 Å². The lowest BCUT2D eigenvalue weighted by atomic mass is 9.86. The molecule has 2 aromatic carbocycles. The van der Waals surface area contributed by atoms with Crippen LogP contribution in [0.4, 0.5) is 0 Å². The van der Waals surface area contributed by atoms with Gasteiger partial charge in [-0.3, -0.25) is 0 Å². The Labute approximate surface area is 157 Å². The monoisotopic (exact) mass is 362 g/mol. The molecule has 2 aromatic heterocycles. The van der Waals surface area contributed by atoms with E-state index in [1.165, 1.54) is 11.6 Å². The van der Waals surface area contributed by atoms with E-state index in [1.54, 1.807) is 7.11 Å². The third kappa shape index (κ3) is 2.91. The van der Waals surface area contributed by atoms with Gasteiger partial charge in [-0.2, -0.15) is 0 Å². The summed E-state index contributed by atoms with van der Waals surface area (Å²) in [6.07, 6.45) is 0. The second kappa shape index (κ2) is 6.02. The summed E-state index contributed by atoms with van der Waals surface area (Å²) in [7, 11) is 1.63. The fraction of sp³-hybridized carbons (Fsp3) is 0.261. The number of benzene rings is 2. The molecule has 0 aliphatic carbocycles. The van der Waals surface area contributed by atoms with Crippen molar-refractivity contribution in [2.45, 2.75) is 33.1 Å². The Balaban J connectivity index is 2.04. The van der Waals surface area contributed by atoms with Gasteiger partial charge in [0.1, 0.15) is 22.7 Å². The number of aryl methyl sites for hydroxylation is 1. The van der Waals surface area contributed by atoms with Gasteiger partial charge in [-0.15, -0.1) is 0 Å². The highest BCUT2D eigenvalue weighted by Gasteiger charge is 2.20. The third-order valence-electron chi connectivity index (χ3n) is 5.00. The molecule has 0 unspecified atom stereocenters. The Morgan fingerprint density at radius 3 is 2.37 bits per heavy atom. The molecule has 0 bridgehead atoms. The molecule has 0 fully saturated rings. The first-order valence-corrected chi connectivity index (χ1v) is 8.94. The predicted octanol–water partition coefficient (Wildman–Crippen LogP) is 5.82. The van der Waals surface area contributed by atoms with Gasteiger partial charge in [0.15, 0.2) is 0 Å². The summed E-state index contributed by atoms with van der Waals surface area (Å²) >= 11 is 0. The molecule has 0 saturated carbocycles. The molecular weight excluding hydrogens is 340 g/mol. The molecule has 138 valence electrons. The van der Waals surface area contributed by atoms with Gasteiger partial charge in [0.05, 0.1) is 7.11 Å². The molecule has 27 heavy (non-hydrogen) atoms. The van der Waals surface area contributed by atoms with Gasteiger partial charge in [-0.1, -0.05) is 26.8 Å². The van der Waals surface area contributed by atoms with E-state index in [0.717, 1.165) is 33.2 Å². The van der Waals surface area contributed by atoms with Crippen molar-refractivity contribution in [3.8, 4) is 17.1 Å². The molecule has 0 amide bonds. The normalized spacial score (nSPS) is 12.0. The Kier molecular flexibility index (Phi) is 3.88. The van der Waals surface area contributed by atoms with Gasteiger partial charge in [-0.05, 0) is 42.2 Å². The molecule has 2 heterocycles. The average molecular weight is 362 g/mol. The van der Waals surface area contributed by atoms with E-state index in [2.05, 4.69) is 26.8 Å². The minimum Gasteiger partial charge on any atom is -0.497 e. The lowest BCUT2D eigenvalue weighted by molar-refractivity contribution is 0.414. The van der Waals surface area contributed by atoms with Gasteiger partial charge in [-0.25, -0.2) is 4.79 Å². The topological polar surface area (TPSA) is 52.6 Å². The SMILES string of the molecule is COc1ccc2c(C)c(-c3cc(=O)oc4ccc(C(C)(C)C)cc34)oc2c1. The zero-order chi connectivity index (χ0) is 19.3. The number of ether oxygens (including phenoxy) is 1. The summed E-state index contributed by atoms with van der Waals surface area (Å²) in [5, 5.41) is 1.87. The van der Waals surface area contributed by atoms with Crippen LogP contribution < -0.4 is 10.4 Å². The Hall–Kier alpha value is -3.01. The molecule has 0 aliphatic rings. The van der Waals surface area contributed by atoms with Gasteiger partial charge in [0, 0.05) is 34.0 Å². The minimum atomic E-state index is -0.390. The Morgan fingerprint density at radius 2 is 1.67 bits per heavy atom. The van der Waals surface area contributed by atoms with Crippen molar-refractivity contribution in [1.82, 2.24) is 0 Å². The molecule has 0 atom stereocenters.